The highest BCUT2D eigenvalue weighted by molar-refractivity contribution is 5.98. The average molecular weight is 379 g/mol. The van der Waals surface area contributed by atoms with Gasteiger partial charge in [0.05, 0.1) is 11.0 Å². The van der Waals surface area contributed by atoms with Crippen LogP contribution in [0.5, 0.6) is 0 Å². The molecule has 10 nitrogen and oxygen atoms in total. The van der Waals surface area contributed by atoms with E-state index in [-0.39, 0.29) is 11.6 Å². The molecule has 10 heteroatoms. The summed E-state index contributed by atoms with van der Waals surface area (Å²) < 4.78 is 0. The van der Waals surface area contributed by atoms with Crippen LogP contribution in [-0.2, 0) is 14.4 Å². The number of non-ortho nitro benzene ring substituents is 1. The van der Waals surface area contributed by atoms with Crippen molar-refractivity contribution in [1.29, 1.82) is 0 Å². The molecule has 0 aromatic heterocycles. The molecule has 148 valence electrons. The van der Waals surface area contributed by atoms with Crippen molar-refractivity contribution in [3.8, 4) is 0 Å². The molecule has 0 aliphatic rings. The molecule has 0 heterocycles. The Balaban J connectivity index is 2.76. The van der Waals surface area contributed by atoms with Crippen LogP contribution in [0.4, 0.5) is 11.4 Å². The Bertz CT molecular complexity index is 702. The maximum absolute atomic E-state index is 12.5. The van der Waals surface area contributed by atoms with Gasteiger partial charge in [0.25, 0.3) is 5.69 Å². The van der Waals surface area contributed by atoms with E-state index in [1.807, 2.05) is 0 Å². The van der Waals surface area contributed by atoms with Crippen molar-refractivity contribution in [2.24, 2.45) is 11.7 Å². The lowest BCUT2D eigenvalue weighted by molar-refractivity contribution is -0.384. The van der Waals surface area contributed by atoms with Gasteiger partial charge in [0.2, 0.25) is 17.7 Å². The monoisotopic (exact) mass is 379 g/mol. The normalized spacial score (nSPS) is 14.0. The van der Waals surface area contributed by atoms with Gasteiger partial charge in [0.15, 0.2) is 0 Å². The molecule has 0 bridgehead atoms. The molecule has 0 aliphatic carbocycles. The van der Waals surface area contributed by atoms with Crippen LogP contribution in [0.3, 0.4) is 0 Å². The zero-order chi connectivity index (χ0) is 20.7. The van der Waals surface area contributed by atoms with Gasteiger partial charge in [0, 0.05) is 17.8 Å². The first-order chi connectivity index (χ1) is 12.5. The van der Waals surface area contributed by atoms with Crippen LogP contribution in [-0.4, -0.2) is 40.8 Å². The average Bonchev–Trinajstić information content (AvgIpc) is 2.59. The van der Waals surface area contributed by atoms with Crippen molar-refractivity contribution in [1.82, 2.24) is 10.6 Å². The Labute approximate surface area is 157 Å². The molecule has 3 amide bonds. The number of hydrogen-bond acceptors (Lipinski definition) is 6. The van der Waals surface area contributed by atoms with Crippen LogP contribution < -0.4 is 21.7 Å². The standard InChI is InChI=1S/C17H25N5O5/c1-9(2)14(21-16(24)11(4)19-15(23)10(3)18)17(25)20-12-5-7-13(8-6-12)22(26)27/h5-11,14H,18H2,1-4H3,(H,19,23)(H,20,25)(H,21,24)/t10-,11-,14-/m0/s1. The summed E-state index contributed by atoms with van der Waals surface area (Å²) in [6.45, 7) is 6.49. The van der Waals surface area contributed by atoms with Crippen molar-refractivity contribution in [3.05, 3.63) is 34.4 Å². The van der Waals surface area contributed by atoms with Gasteiger partial charge in [-0.15, -0.1) is 0 Å². The van der Waals surface area contributed by atoms with Gasteiger partial charge in [-0.05, 0) is 31.9 Å². The highest BCUT2D eigenvalue weighted by Crippen LogP contribution is 2.16. The van der Waals surface area contributed by atoms with E-state index in [1.54, 1.807) is 13.8 Å². The SMILES string of the molecule is CC(C)[C@H](NC(=O)[C@H](C)NC(=O)[C@H](C)N)C(=O)Nc1ccc([N+](=O)[O-])cc1. The number of benzene rings is 1. The predicted octanol–water partition coefficient (Wildman–Crippen LogP) is 0.526. The molecule has 1 rings (SSSR count). The Kier molecular flexibility index (Phi) is 7.85. The number of nitrogens with two attached hydrogens (primary N) is 1. The zero-order valence-electron chi connectivity index (χ0n) is 15.7. The van der Waals surface area contributed by atoms with Gasteiger partial charge in [-0.1, -0.05) is 13.8 Å². The molecule has 0 unspecified atom stereocenters. The zero-order valence-corrected chi connectivity index (χ0v) is 15.7. The van der Waals surface area contributed by atoms with E-state index in [0.717, 1.165) is 0 Å². The van der Waals surface area contributed by atoms with E-state index in [0.29, 0.717) is 5.69 Å². The van der Waals surface area contributed by atoms with Crippen LogP contribution in [0, 0.1) is 16.0 Å². The lowest BCUT2D eigenvalue weighted by Gasteiger charge is -2.24. The number of nitro groups is 1. The van der Waals surface area contributed by atoms with Crippen LogP contribution >= 0.6 is 0 Å². The van der Waals surface area contributed by atoms with E-state index >= 15 is 0 Å². The number of rotatable bonds is 8. The summed E-state index contributed by atoms with van der Waals surface area (Å²) in [5.41, 5.74) is 5.72. The molecule has 0 aliphatic heterocycles. The smallest absolute Gasteiger partial charge is 0.269 e. The first kappa shape index (κ1) is 22.0. The topological polar surface area (TPSA) is 156 Å². The van der Waals surface area contributed by atoms with Crippen molar-refractivity contribution in [2.75, 3.05) is 5.32 Å². The fraction of sp³-hybridized carbons (Fsp3) is 0.471. The third-order valence-corrected chi connectivity index (χ3v) is 3.76. The summed E-state index contributed by atoms with van der Waals surface area (Å²) in [6, 6.07) is 2.86. The van der Waals surface area contributed by atoms with E-state index in [4.69, 9.17) is 5.73 Å². The van der Waals surface area contributed by atoms with Crippen LogP contribution in [0.15, 0.2) is 24.3 Å². The molecule has 27 heavy (non-hydrogen) atoms. The quantitative estimate of drug-likeness (QED) is 0.381. The number of carbonyl (C=O) groups excluding carboxylic acids is 3. The maximum atomic E-state index is 12.5. The molecule has 0 radical (unpaired) electrons. The molecule has 1 aromatic carbocycles. The predicted molar refractivity (Wildman–Crippen MR) is 99.7 cm³/mol. The molecule has 0 saturated heterocycles. The number of nitrogens with zero attached hydrogens (tertiary/aromatic N) is 1. The lowest BCUT2D eigenvalue weighted by atomic mass is 10.0. The molecular formula is C17H25N5O5. The molecule has 5 N–H and O–H groups in total. The molecular weight excluding hydrogens is 354 g/mol. The number of amides is 3. The van der Waals surface area contributed by atoms with Crippen LogP contribution in [0.2, 0.25) is 0 Å². The summed E-state index contributed by atoms with van der Waals surface area (Å²) in [4.78, 5) is 46.5. The molecule has 0 spiro atoms. The summed E-state index contributed by atoms with van der Waals surface area (Å²) in [6.07, 6.45) is 0. The van der Waals surface area contributed by atoms with Crippen molar-refractivity contribution in [3.63, 3.8) is 0 Å². The number of anilines is 1. The molecule has 1 aromatic rings. The second kappa shape index (κ2) is 9.62. The fourth-order valence-electron chi connectivity index (χ4n) is 2.11. The second-order valence-corrected chi connectivity index (χ2v) is 6.54. The minimum atomic E-state index is -0.864. The number of nitrogens with one attached hydrogen (secondary N) is 3. The largest absolute Gasteiger partial charge is 0.343 e. The molecule has 0 saturated carbocycles. The molecule has 0 fully saturated rings. The third-order valence-electron chi connectivity index (χ3n) is 3.76. The second-order valence-electron chi connectivity index (χ2n) is 6.54. The number of hydrogen-bond donors (Lipinski definition) is 4. The highest BCUT2D eigenvalue weighted by Gasteiger charge is 2.27. The summed E-state index contributed by atoms with van der Waals surface area (Å²) in [5.74, 6) is -1.71. The van der Waals surface area contributed by atoms with E-state index < -0.39 is 40.8 Å². The van der Waals surface area contributed by atoms with Crippen molar-refractivity contribution >= 4 is 29.1 Å². The Hall–Kier alpha value is -3.01. The third kappa shape index (κ3) is 6.66. The van der Waals surface area contributed by atoms with Gasteiger partial charge in [-0.2, -0.15) is 0 Å². The van der Waals surface area contributed by atoms with Gasteiger partial charge in [-0.25, -0.2) is 0 Å². The van der Waals surface area contributed by atoms with E-state index in [2.05, 4.69) is 16.0 Å². The Morgan fingerprint density at radius 2 is 1.52 bits per heavy atom. The van der Waals surface area contributed by atoms with Crippen LogP contribution in [0.1, 0.15) is 27.7 Å². The van der Waals surface area contributed by atoms with Gasteiger partial charge < -0.3 is 21.7 Å². The van der Waals surface area contributed by atoms with Gasteiger partial charge in [-0.3, -0.25) is 24.5 Å². The fourth-order valence-corrected chi connectivity index (χ4v) is 2.11. The van der Waals surface area contributed by atoms with E-state index in [9.17, 15) is 24.5 Å². The molecule has 3 atom stereocenters. The van der Waals surface area contributed by atoms with Gasteiger partial charge >= 0.3 is 0 Å². The minimum Gasteiger partial charge on any atom is -0.343 e. The minimum absolute atomic E-state index is 0.0968. The number of carbonyl (C=O) groups is 3. The lowest BCUT2D eigenvalue weighted by Crippen LogP contribution is -2.54. The van der Waals surface area contributed by atoms with E-state index in [1.165, 1.54) is 38.1 Å². The summed E-state index contributed by atoms with van der Waals surface area (Å²) in [7, 11) is 0. The summed E-state index contributed by atoms with van der Waals surface area (Å²) in [5, 5.41) is 18.3. The van der Waals surface area contributed by atoms with Crippen molar-refractivity contribution < 1.29 is 19.3 Å². The van der Waals surface area contributed by atoms with Crippen molar-refractivity contribution in [2.45, 2.75) is 45.8 Å². The summed E-state index contributed by atoms with van der Waals surface area (Å²) >= 11 is 0. The van der Waals surface area contributed by atoms with Gasteiger partial charge in [0.1, 0.15) is 12.1 Å². The Morgan fingerprint density at radius 3 is 1.96 bits per heavy atom. The maximum Gasteiger partial charge on any atom is 0.269 e. The highest BCUT2D eigenvalue weighted by atomic mass is 16.6. The number of nitro benzene ring substituents is 1. The first-order valence-corrected chi connectivity index (χ1v) is 8.44. The first-order valence-electron chi connectivity index (χ1n) is 8.44. The Morgan fingerprint density at radius 1 is 0.963 bits per heavy atom. The van der Waals surface area contributed by atoms with Crippen LogP contribution in [0.25, 0.3) is 0 Å².